The van der Waals surface area contributed by atoms with Gasteiger partial charge in [0.1, 0.15) is 5.75 Å². The van der Waals surface area contributed by atoms with E-state index in [0.29, 0.717) is 0 Å². The Morgan fingerprint density at radius 1 is 1.22 bits per heavy atom. The Hall–Kier alpha value is -1.02. The van der Waals surface area contributed by atoms with Crippen LogP contribution >= 0.6 is 0 Å². The van der Waals surface area contributed by atoms with Gasteiger partial charge in [0.25, 0.3) is 0 Å². The van der Waals surface area contributed by atoms with Crippen LogP contribution in [-0.2, 0) is 0 Å². The van der Waals surface area contributed by atoms with Gasteiger partial charge in [0.05, 0.1) is 6.61 Å². The highest BCUT2D eigenvalue weighted by atomic mass is 16.5. The Labute approximate surface area is 111 Å². The number of benzene rings is 1. The summed E-state index contributed by atoms with van der Waals surface area (Å²) in [6, 6.07) is 8.40. The second-order valence-electron chi connectivity index (χ2n) is 5.37. The van der Waals surface area contributed by atoms with Crippen LogP contribution in [0.25, 0.3) is 0 Å². The zero-order valence-electron chi connectivity index (χ0n) is 11.4. The summed E-state index contributed by atoms with van der Waals surface area (Å²) >= 11 is 0. The molecule has 100 valence electrons. The average molecular weight is 247 g/mol. The number of nitrogens with two attached hydrogens (primary N) is 1. The van der Waals surface area contributed by atoms with E-state index >= 15 is 0 Å². The first kappa shape index (κ1) is 13.4. The molecule has 1 aliphatic rings. The third kappa shape index (κ3) is 3.74. The lowest BCUT2D eigenvalue weighted by atomic mass is 10.0. The smallest absolute Gasteiger partial charge is 0.119 e. The van der Waals surface area contributed by atoms with Gasteiger partial charge >= 0.3 is 0 Å². The molecule has 18 heavy (non-hydrogen) atoms. The van der Waals surface area contributed by atoms with Crippen molar-refractivity contribution in [3.63, 3.8) is 0 Å². The van der Waals surface area contributed by atoms with Crippen molar-refractivity contribution in [2.45, 2.75) is 51.5 Å². The Kier molecular flexibility index (Phi) is 5.06. The number of hydrogen-bond donors (Lipinski definition) is 1. The van der Waals surface area contributed by atoms with Crippen LogP contribution in [0.15, 0.2) is 24.3 Å². The summed E-state index contributed by atoms with van der Waals surface area (Å²) in [6.45, 7) is 2.96. The zero-order chi connectivity index (χ0) is 12.8. The van der Waals surface area contributed by atoms with Crippen molar-refractivity contribution in [1.29, 1.82) is 0 Å². The van der Waals surface area contributed by atoms with Crippen molar-refractivity contribution in [1.82, 2.24) is 0 Å². The van der Waals surface area contributed by atoms with Gasteiger partial charge < -0.3 is 10.5 Å². The average Bonchev–Trinajstić information content (AvgIpc) is 2.92. The molecule has 0 saturated heterocycles. The monoisotopic (exact) mass is 247 g/mol. The molecule has 0 aromatic heterocycles. The maximum Gasteiger partial charge on any atom is 0.119 e. The van der Waals surface area contributed by atoms with Gasteiger partial charge in [-0.25, -0.2) is 0 Å². The van der Waals surface area contributed by atoms with Gasteiger partial charge in [-0.3, -0.25) is 0 Å². The molecular formula is C16H25NO. The van der Waals surface area contributed by atoms with Crippen molar-refractivity contribution in [2.75, 3.05) is 6.61 Å². The Morgan fingerprint density at radius 3 is 2.50 bits per heavy atom. The number of rotatable bonds is 6. The zero-order valence-corrected chi connectivity index (χ0v) is 11.4. The standard InChI is InChI=1S/C16H25NO/c1-2-16(17)14-7-9-15(10-8-14)18-12-11-13-5-3-4-6-13/h7-10,13,16H,2-6,11-12,17H2,1H3/t16-/m0/s1. The summed E-state index contributed by atoms with van der Waals surface area (Å²) in [5.74, 6) is 1.87. The van der Waals surface area contributed by atoms with Crippen molar-refractivity contribution >= 4 is 0 Å². The predicted molar refractivity (Wildman–Crippen MR) is 75.7 cm³/mol. The van der Waals surface area contributed by atoms with Gasteiger partial charge in [0.2, 0.25) is 0 Å². The van der Waals surface area contributed by atoms with Crippen LogP contribution in [0.2, 0.25) is 0 Å². The normalized spacial score (nSPS) is 17.9. The van der Waals surface area contributed by atoms with E-state index in [1.54, 1.807) is 0 Å². The molecule has 0 spiro atoms. The first-order valence-electron chi connectivity index (χ1n) is 7.28. The predicted octanol–water partition coefficient (Wildman–Crippen LogP) is 4.06. The minimum atomic E-state index is 0.150. The van der Waals surface area contributed by atoms with E-state index in [0.717, 1.165) is 24.7 Å². The fourth-order valence-corrected chi connectivity index (χ4v) is 2.69. The second kappa shape index (κ2) is 6.79. The second-order valence-corrected chi connectivity index (χ2v) is 5.37. The largest absolute Gasteiger partial charge is 0.494 e. The van der Waals surface area contributed by atoms with Crippen LogP contribution in [-0.4, -0.2) is 6.61 Å². The lowest BCUT2D eigenvalue weighted by Crippen LogP contribution is -2.08. The Morgan fingerprint density at radius 2 is 1.89 bits per heavy atom. The minimum absolute atomic E-state index is 0.150. The summed E-state index contributed by atoms with van der Waals surface area (Å²) in [6.07, 6.45) is 7.79. The van der Waals surface area contributed by atoms with E-state index in [4.69, 9.17) is 10.5 Å². The van der Waals surface area contributed by atoms with Crippen molar-refractivity contribution < 1.29 is 4.74 Å². The van der Waals surface area contributed by atoms with E-state index in [2.05, 4.69) is 19.1 Å². The molecule has 0 amide bonds. The summed E-state index contributed by atoms with van der Waals surface area (Å²) in [4.78, 5) is 0. The van der Waals surface area contributed by atoms with Gasteiger partial charge in [0.15, 0.2) is 0 Å². The van der Waals surface area contributed by atoms with Gasteiger partial charge in [0, 0.05) is 6.04 Å². The summed E-state index contributed by atoms with van der Waals surface area (Å²) in [5.41, 5.74) is 7.18. The number of ether oxygens (including phenoxy) is 1. The maximum atomic E-state index is 5.99. The van der Waals surface area contributed by atoms with Crippen LogP contribution in [0.3, 0.4) is 0 Å². The lowest BCUT2D eigenvalue weighted by molar-refractivity contribution is 0.279. The summed E-state index contributed by atoms with van der Waals surface area (Å²) in [7, 11) is 0. The third-order valence-electron chi connectivity index (χ3n) is 4.02. The molecule has 0 bridgehead atoms. The van der Waals surface area contributed by atoms with E-state index in [1.807, 2.05) is 12.1 Å². The lowest BCUT2D eigenvalue weighted by Gasteiger charge is -2.12. The molecule has 2 N–H and O–H groups in total. The topological polar surface area (TPSA) is 35.2 Å². The molecule has 2 nitrogen and oxygen atoms in total. The van der Waals surface area contributed by atoms with E-state index in [-0.39, 0.29) is 6.04 Å². The van der Waals surface area contributed by atoms with Crippen molar-refractivity contribution in [2.24, 2.45) is 11.7 Å². The SMILES string of the molecule is CC[C@H](N)c1ccc(OCCC2CCCC2)cc1. The van der Waals surface area contributed by atoms with Crippen LogP contribution in [0, 0.1) is 5.92 Å². The summed E-state index contributed by atoms with van der Waals surface area (Å²) < 4.78 is 5.80. The quantitative estimate of drug-likeness (QED) is 0.823. The molecule has 0 aliphatic heterocycles. The van der Waals surface area contributed by atoms with Crippen molar-refractivity contribution in [3.05, 3.63) is 29.8 Å². The molecule has 1 aliphatic carbocycles. The first-order valence-corrected chi connectivity index (χ1v) is 7.28. The fourth-order valence-electron chi connectivity index (χ4n) is 2.69. The van der Waals surface area contributed by atoms with E-state index in [9.17, 15) is 0 Å². The van der Waals surface area contributed by atoms with Crippen LogP contribution in [0.4, 0.5) is 0 Å². The molecule has 2 heteroatoms. The van der Waals surface area contributed by atoms with Gasteiger partial charge in [-0.1, -0.05) is 44.7 Å². The molecule has 1 saturated carbocycles. The third-order valence-corrected chi connectivity index (χ3v) is 4.02. The highest BCUT2D eigenvalue weighted by Crippen LogP contribution is 2.27. The molecular weight excluding hydrogens is 222 g/mol. The molecule has 0 radical (unpaired) electrons. The van der Waals surface area contributed by atoms with Crippen molar-refractivity contribution in [3.8, 4) is 5.75 Å². The van der Waals surface area contributed by atoms with E-state index < -0.39 is 0 Å². The summed E-state index contributed by atoms with van der Waals surface area (Å²) in [5, 5.41) is 0. The molecule has 1 aromatic carbocycles. The first-order chi connectivity index (χ1) is 8.79. The molecule has 1 atom stereocenters. The Balaban J connectivity index is 1.75. The molecule has 0 unspecified atom stereocenters. The van der Waals surface area contributed by atoms with Crippen LogP contribution < -0.4 is 10.5 Å². The minimum Gasteiger partial charge on any atom is -0.494 e. The molecule has 2 rings (SSSR count). The highest BCUT2D eigenvalue weighted by molar-refractivity contribution is 5.28. The highest BCUT2D eigenvalue weighted by Gasteiger charge is 2.14. The fraction of sp³-hybridized carbons (Fsp3) is 0.625. The maximum absolute atomic E-state index is 5.99. The van der Waals surface area contributed by atoms with Gasteiger partial charge in [-0.15, -0.1) is 0 Å². The molecule has 0 heterocycles. The van der Waals surface area contributed by atoms with Gasteiger partial charge in [-0.05, 0) is 36.5 Å². The van der Waals surface area contributed by atoms with Crippen LogP contribution in [0.5, 0.6) is 5.75 Å². The van der Waals surface area contributed by atoms with E-state index in [1.165, 1.54) is 37.7 Å². The molecule has 1 aromatic rings. The Bertz CT molecular complexity index is 341. The van der Waals surface area contributed by atoms with Crippen LogP contribution in [0.1, 0.15) is 57.1 Å². The molecule has 1 fully saturated rings. The number of hydrogen-bond acceptors (Lipinski definition) is 2. The van der Waals surface area contributed by atoms with Gasteiger partial charge in [-0.2, -0.15) is 0 Å².